The summed E-state index contributed by atoms with van der Waals surface area (Å²) in [5.74, 6) is -1.50. The molecule has 1 fully saturated rings. The number of thiol groups is 1. The zero-order valence-corrected chi connectivity index (χ0v) is 7.30. The van der Waals surface area contributed by atoms with Gasteiger partial charge in [0.15, 0.2) is 5.79 Å². The minimum Gasteiger partial charge on any atom is -0.366 e. The van der Waals surface area contributed by atoms with Gasteiger partial charge in [0.1, 0.15) is 0 Å². The Labute approximate surface area is 72.0 Å². The summed E-state index contributed by atoms with van der Waals surface area (Å²) in [5, 5.41) is 18.6. The molecule has 11 heavy (non-hydrogen) atoms. The van der Waals surface area contributed by atoms with Crippen LogP contribution in [0.1, 0.15) is 25.7 Å². The van der Waals surface area contributed by atoms with Gasteiger partial charge >= 0.3 is 0 Å². The van der Waals surface area contributed by atoms with E-state index in [2.05, 4.69) is 12.6 Å². The fourth-order valence-corrected chi connectivity index (χ4v) is 1.59. The summed E-state index contributed by atoms with van der Waals surface area (Å²) in [4.78, 5) is 0. The van der Waals surface area contributed by atoms with E-state index in [-0.39, 0.29) is 11.3 Å². The van der Waals surface area contributed by atoms with Crippen LogP contribution in [-0.2, 0) is 0 Å². The SMILES string of the molecule is NC1CCC(O)(O)CCC1S. The van der Waals surface area contributed by atoms with Crippen molar-refractivity contribution in [1.82, 2.24) is 0 Å². The summed E-state index contributed by atoms with van der Waals surface area (Å²) >= 11 is 4.26. The highest BCUT2D eigenvalue weighted by molar-refractivity contribution is 7.81. The second-order valence-corrected chi connectivity index (χ2v) is 3.95. The van der Waals surface area contributed by atoms with Crippen LogP contribution in [-0.4, -0.2) is 27.3 Å². The van der Waals surface area contributed by atoms with E-state index in [0.717, 1.165) is 0 Å². The van der Waals surface area contributed by atoms with Crippen LogP contribution >= 0.6 is 12.6 Å². The molecule has 4 heteroatoms. The Bertz CT molecular complexity index is 126. The van der Waals surface area contributed by atoms with Gasteiger partial charge in [-0.3, -0.25) is 0 Å². The van der Waals surface area contributed by atoms with E-state index in [1.807, 2.05) is 0 Å². The van der Waals surface area contributed by atoms with Crippen molar-refractivity contribution in [3.8, 4) is 0 Å². The number of rotatable bonds is 0. The lowest BCUT2D eigenvalue weighted by Crippen LogP contribution is -2.30. The maximum absolute atomic E-state index is 9.26. The summed E-state index contributed by atoms with van der Waals surface area (Å²) in [6, 6.07) is -0.000455. The van der Waals surface area contributed by atoms with Gasteiger partial charge < -0.3 is 15.9 Å². The number of nitrogens with two attached hydrogens (primary N) is 1. The molecule has 4 N–H and O–H groups in total. The summed E-state index contributed by atoms with van der Waals surface area (Å²) in [6.07, 6.45) is 2.07. The van der Waals surface area contributed by atoms with Crippen LogP contribution in [0.2, 0.25) is 0 Å². The quantitative estimate of drug-likeness (QED) is 0.237. The first-order valence-electron chi connectivity index (χ1n) is 3.90. The summed E-state index contributed by atoms with van der Waals surface area (Å²) in [5.41, 5.74) is 5.70. The lowest BCUT2D eigenvalue weighted by molar-refractivity contribution is -0.168. The van der Waals surface area contributed by atoms with Crippen LogP contribution in [0.5, 0.6) is 0 Å². The molecule has 0 bridgehead atoms. The Morgan fingerprint density at radius 1 is 1.27 bits per heavy atom. The molecule has 1 aliphatic rings. The molecule has 0 aliphatic heterocycles. The molecule has 2 atom stereocenters. The van der Waals surface area contributed by atoms with E-state index in [9.17, 15) is 10.2 Å². The lowest BCUT2D eigenvalue weighted by Gasteiger charge is -2.18. The van der Waals surface area contributed by atoms with Crippen molar-refractivity contribution in [3.05, 3.63) is 0 Å². The van der Waals surface area contributed by atoms with E-state index in [0.29, 0.717) is 25.7 Å². The zero-order valence-electron chi connectivity index (χ0n) is 6.40. The first kappa shape index (κ1) is 9.32. The third-order valence-corrected chi connectivity index (χ3v) is 2.85. The van der Waals surface area contributed by atoms with E-state index in [1.54, 1.807) is 0 Å². The molecule has 0 aromatic rings. The molecule has 1 rings (SSSR count). The van der Waals surface area contributed by atoms with Crippen molar-refractivity contribution in [2.45, 2.75) is 42.8 Å². The number of hydrogen-bond donors (Lipinski definition) is 4. The Hall–Kier alpha value is 0.230. The van der Waals surface area contributed by atoms with Crippen LogP contribution in [0.3, 0.4) is 0 Å². The van der Waals surface area contributed by atoms with E-state index >= 15 is 0 Å². The average molecular weight is 177 g/mol. The summed E-state index contributed by atoms with van der Waals surface area (Å²) < 4.78 is 0. The average Bonchev–Trinajstić information content (AvgIpc) is 2.03. The molecule has 66 valence electrons. The van der Waals surface area contributed by atoms with Crippen LogP contribution < -0.4 is 5.73 Å². The molecule has 1 saturated carbocycles. The molecule has 3 nitrogen and oxygen atoms in total. The van der Waals surface area contributed by atoms with Gasteiger partial charge in [0, 0.05) is 24.1 Å². The van der Waals surface area contributed by atoms with Crippen LogP contribution in [0.25, 0.3) is 0 Å². The van der Waals surface area contributed by atoms with Crippen molar-refractivity contribution in [1.29, 1.82) is 0 Å². The Morgan fingerprint density at radius 3 is 2.45 bits per heavy atom. The first-order chi connectivity index (χ1) is 5.01. The molecular weight excluding hydrogens is 162 g/mol. The number of hydrogen-bond acceptors (Lipinski definition) is 4. The zero-order chi connectivity index (χ0) is 8.48. The van der Waals surface area contributed by atoms with E-state index in [4.69, 9.17) is 5.73 Å². The van der Waals surface area contributed by atoms with E-state index in [1.165, 1.54) is 0 Å². The predicted molar refractivity (Wildman–Crippen MR) is 46.4 cm³/mol. The third-order valence-electron chi connectivity index (χ3n) is 2.21. The molecular formula is C7H15NO2S. The fourth-order valence-electron chi connectivity index (χ4n) is 1.31. The monoisotopic (exact) mass is 177 g/mol. The molecule has 0 radical (unpaired) electrons. The van der Waals surface area contributed by atoms with Crippen LogP contribution in [0.4, 0.5) is 0 Å². The second-order valence-electron chi connectivity index (χ2n) is 3.29. The van der Waals surface area contributed by atoms with E-state index < -0.39 is 5.79 Å². The summed E-state index contributed by atoms with van der Waals surface area (Å²) in [6.45, 7) is 0. The highest BCUT2D eigenvalue weighted by Gasteiger charge is 2.30. The van der Waals surface area contributed by atoms with Gasteiger partial charge in [-0.05, 0) is 12.8 Å². The minimum absolute atomic E-state index is 0.000455. The van der Waals surface area contributed by atoms with Crippen molar-refractivity contribution in [2.75, 3.05) is 0 Å². The van der Waals surface area contributed by atoms with Crippen LogP contribution in [0, 0.1) is 0 Å². The first-order valence-corrected chi connectivity index (χ1v) is 4.41. The Kier molecular flexibility index (Phi) is 2.80. The van der Waals surface area contributed by atoms with Crippen molar-refractivity contribution < 1.29 is 10.2 Å². The Morgan fingerprint density at radius 2 is 1.82 bits per heavy atom. The van der Waals surface area contributed by atoms with Gasteiger partial charge in [-0.25, -0.2) is 0 Å². The minimum atomic E-state index is -1.50. The molecule has 2 unspecified atom stereocenters. The predicted octanol–water partition coefficient (Wildman–Crippen LogP) is -0.133. The van der Waals surface area contributed by atoms with Gasteiger partial charge in [-0.15, -0.1) is 0 Å². The molecule has 0 amide bonds. The molecule has 0 aromatic carbocycles. The second kappa shape index (κ2) is 3.31. The fraction of sp³-hybridized carbons (Fsp3) is 1.00. The largest absolute Gasteiger partial charge is 0.366 e. The topological polar surface area (TPSA) is 66.5 Å². The highest BCUT2D eigenvalue weighted by Crippen LogP contribution is 2.26. The maximum atomic E-state index is 9.26. The van der Waals surface area contributed by atoms with Gasteiger partial charge in [-0.2, -0.15) is 12.6 Å². The molecule has 0 heterocycles. The summed E-state index contributed by atoms with van der Waals surface area (Å²) in [7, 11) is 0. The van der Waals surface area contributed by atoms with Crippen LogP contribution in [0.15, 0.2) is 0 Å². The number of aliphatic hydroxyl groups is 2. The van der Waals surface area contributed by atoms with Gasteiger partial charge in [-0.1, -0.05) is 0 Å². The molecule has 1 aliphatic carbocycles. The Balaban J connectivity index is 2.51. The van der Waals surface area contributed by atoms with Gasteiger partial charge in [0.25, 0.3) is 0 Å². The van der Waals surface area contributed by atoms with Crippen molar-refractivity contribution >= 4 is 12.6 Å². The molecule has 0 aromatic heterocycles. The maximum Gasteiger partial charge on any atom is 0.162 e. The molecule has 0 saturated heterocycles. The third kappa shape index (κ3) is 2.63. The van der Waals surface area contributed by atoms with Crippen molar-refractivity contribution in [3.63, 3.8) is 0 Å². The lowest BCUT2D eigenvalue weighted by atomic mass is 10.1. The molecule has 0 spiro atoms. The van der Waals surface area contributed by atoms with Crippen molar-refractivity contribution in [2.24, 2.45) is 5.73 Å². The van der Waals surface area contributed by atoms with Gasteiger partial charge in [0.2, 0.25) is 0 Å². The standard InChI is InChI=1S/C7H15NO2S/c8-5-1-3-7(9,10)4-2-6(5)11/h5-6,9-11H,1-4,8H2. The normalized spacial score (nSPS) is 38.2. The highest BCUT2D eigenvalue weighted by atomic mass is 32.1. The van der Waals surface area contributed by atoms with Gasteiger partial charge in [0.05, 0.1) is 0 Å². The smallest absolute Gasteiger partial charge is 0.162 e.